The molecule has 1 aliphatic rings. The van der Waals surface area contributed by atoms with Gasteiger partial charge in [-0.15, -0.1) is 0 Å². The van der Waals surface area contributed by atoms with Crippen molar-refractivity contribution < 1.29 is 9.53 Å². The molecule has 0 bridgehead atoms. The van der Waals surface area contributed by atoms with E-state index in [1.54, 1.807) is 0 Å². The van der Waals surface area contributed by atoms with E-state index in [0.717, 1.165) is 16.9 Å². The van der Waals surface area contributed by atoms with Crippen molar-refractivity contribution in [2.75, 3.05) is 0 Å². The van der Waals surface area contributed by atoms with Crippen LogP contribution in [0.2, 0.25) is 0 Å². The summed E-state index contributed by atoms with van der Waals surface area (Å²) in [6.45, 7) is 1.96. The summed E-state index contributed by atoms with van der Waals surface area (Å²) in [4.78, 5) is 12.1. The average molecular weight is 224 g/mol. The Balaban J connectivity index is 2.22. The number of carbonyl (C=O) groups is 1. The molecule has 0 fully saturated rings. The second-order valence-corrected chi connectivity index (χ2v) is 4.26. The van der Waals surface area contributed by atoms with Gasteiger partial charge in [0.25, 0.3) is 0 Å². The lowest BCUT2D eigenvalue weighted by atomic mass is 10.0. The van der Waals surface area contributed by atoms with E-state index in [0.29, 0.717) is 17.7 Å². The van der Waals surface area contributed by atoms with E-state index in [1.165, 1.54) is 0 Å². The van der Waals surface area contributed by atoms with Gasteiger partial charge in [-0.3, -0.25) is 4.79 Å². The molecule has 1 aliphatic heterocycles. The van der Waals surface area contributed by atoms with Gasteiger partial charge in [-0.2, -0.15) is 0 Å². The van der Waals surface area contributed by atoms with Gasteiger partial charge in [-0.05, 0) is 24.6 Å². The third-order valence-electron chi connectivity index (χ3n) is 3.05. The second-order valence-electron chi connectivity index (χ2n) is 4.26. The van der Waals surface area contributed by atoms with Crippen LogP contribution in [0.5, 0.6) is 11.5 Å². The first-order valence-corrected chi connectivity index (χ1v) is 5.64. The highest BCUT2D eigenvalue weighted by atomic mass is 16.5. The van der Waals surface area contributed by atoms with E-state index in [9.17, 15) is 4.79 Å². The molecule has 0 radical (unpaired) electrons. The van der Waals surface area contributed by atoms with Crippen LogP contribution in [0.3, 0.4) is 0 Å². The molecule has 1 heterocycles. The number of ether oxygens (including phenoxy) is 1. The molecule has 0 atom stereocenters. The minimum absolute atomic E-state index is 0.119. The molecule has 2 aromatic rings. The zero-order valence-corrected chi connectivity index (χ0v) is 9.57. The highest BCUT2D eigenvalue weighted by Crippen LogP contribution is 2.35. The number of para-hydroxylation sites is 2. The smallest absolute Gasteiger partial charge is 0.171 e. The van der Waals surface area contributed by atoms with Gasteiger partial charge >= 0.3 is 0 Å². The Bertz CT molecular complexity index is 600. The highest BCUT2D eigenvalue weighted by Gasteiger charge is 2.21. The van der Waals surface area contributed by atoms with Crippen molar-refractivity contribution >= 4 is 5.78 Å². The van der Waals surface area contributed by atoms with Gasteiger partial charge in [0.1, 0.15) is 11.5 Å². The van der Waals surface area contributed by atoms with E-state index in [2.05, 4.69) is 0 Å². The van der Waals surface area contributed by atoms with Gasteiger partial charge in [0, 0.05) is 12.0 Å². The minimum atomic E-state index is 0.119. The molecule has 0 saturated heterocycles. The van der Waals surface area contributed by atoms with E-state index < -0.39 is 0 Å². The normalized spacial score (nSPS) is 13.4. The lowest BCUT2D eigenvalue weighted by molar-refractivity contribution is 0.0993. The number of carbonyl (C=O) groups excluding carboxylic acids is 1. The predicted molar refractivity (Wildman–Crippen MR) is 65.7 cm³/mol. The summed E-state index contributed by atoms with van der Waals surface area (Å²) in [6.07, 6.45) is 0.409. The number of hydrogen-bond donors (Lipinski definition) is 0. The van der Waals surface area contributed by atoms with Crippen LogP contribution >= 0.6 is 0 Å². The molecular weight excluding hydrogens is 212 g/mol. The molecule has 0 saturated carbocycles. The number of benzene rings is 2. The van der Waals surface area contributed by atoms with Gasteiger partial charge < -0.3 is 4.74 Å². The summed E-state index contributed by atoms with van der Waals surface area (Å²) < 4.78 is 5.88. The largest absolute Gasteiger partial charge is 0.456 e. The van der Waals surface area contributed by atoms with Crippen LogP contribution in [-0.2, 0) is 6.42 Å². The van der Waals surface area contributed by atoms with Crippen molar-refractivity contribution in [3.63, 3.8) is 0 Å². The molecule has 3 rings (SSSR count). The van der Waals surface area contributed by atoms with Crippen molar-refractivity contribution in [1.29, 1.82) is 0 Å². The van der Waals surface area contributed by atoms with E-state index in [4.69, 9.17) is 4.74 Å². The molecule has 0 aliphatic carbocycles. The Hall–Kier alpha value is -2.09. The van der Waals surface area contributed by atoms with Crippen LogP contribution in [0.25, 0.3) is 0 Å². The first-order chi connectivity index (χ1) is 8.25. The van der Waals surface area contributed by atoms with Crippen molar-refractivity contribution in [1.82, 2.24) is 0 Å². The van der Waals surface area contributed by atoms with E-state index in [-0.39, 0.29) is 5.78 Å². The zero-order valence-electron chi connectivity index (χ0n) is 9.57. The number of ketones is 1. The number of fused-ring (bicyclic) bond motifs is 2. The lowest BCUT2D eigenvalue weighted by Gasteiger charge is -2.10. The summed E-state index contributed by atoms with van der Waals surface area (Å²) in [7, 11) is 0. The van der Waals surface area contributed by atoms with Gasteiger partial charge in [-0.1, -0.05) is 30.3 Å². The lowest BCUT2D eigenvalue weighted by Crippen LogP contribution is -2.01. The van der Waals surface area contributed by atoms with Crippen molar-refractivity contribution in [3.8, 4) is 11.5 Å². The highest BCUT2D eigenvalue weighted by molar-refractivity contribution is 6.01. The zero-order chi connectivity index (χ0) is 11.8. The molecule has 2 heteroatoms. The summed E-state index contributed by atoms with van der Waals surface area (Å²) in [5.74, 6) is 1.60. The maximum Gasteiger partial charge on any atom is 0.171 e. The second kappa shape index (κ2) is 3.74. The molecule has 0 aromatic heterocycles. The van der Waals surface area contributed by atoms with Crippen molar-refractivity contribution in [2.45, 2.75) is 13.3 Å². The number of Topliss-reactive ketones (excluding diaryl/α,β-unsaturated/α-hetero) is 1. The molecule has 0 N–H and O–H groups in total. The number of rotatable bonds is 0. The van der Waals surface area contributed by atoms with Crippen molar-refractivity contribution in [3.05, 3.63) is 59.2 Å². The standard InChI is InChI=1S/C15H12O2/c1-10-5-4-7-12-13(16)9-11-6-2-3-8-14(11)17-15(10)12/h2-8H,9H2,1H3. The van der Waals surface area contributed by atoms with Crippen LogP contribution in [0, 0.1) is 6.92 Å². The maximum absolute atomic E-state index is 12.1. The van der Waals surface area contributed by atoms with Crippen LogP contribution in [0.15, 0.2) is 42.5 Å². The summed E-state index contributed by atoms with van der Waals surface area (Å²) >= 11 is 0. The molecule has 17 heavy (non-hydrogen) atoms. The molecule has 2 aromatic carbocycles. The molecule has 84 valence electrons. The fourth-order valence-corrected chi connectivity index (χ4v) is 2.14. The molecular formula is C15H12O2. The van der Waals surface area contributed by atoms with Gasteiger partial charge in [0.2, 0.25) is 0 Å². The van der Waals surface area contributed by atoms with Gasteiger partial charge in [0.15, 0.2) is 5.78 Å². The van der Waals surface area contributed by atoms with Crippen LogP contribution in [-0.4, -0.2) is 5.78 Å². The minimum Gasteiger partial charge on any atom is -0.456 e. The first-order valence-electron chi connectivity index (χ1n) is 5.64. The van der Waals surface area contributed by atoms with E-state index >= 15 is 0 Å². The molecule has 0 spiro atoms. The average Bonchev–Trinajstić information content (AvgIpc) is 2.47. The maximum atomic E-state index is 12.1. The fraction of sp³-hybridized carbons (Fsp3) is 0.133. The Kier molecular flexibility index (Phi) is 2.22. The summed E-state index contributed by atoms with van der Waals surface area (Å²) in [6, 6.07) is 13.4. The molecule has 0 amide bonds. The van der Waals surface area contributed by atoms with E-state index in [1.807, 2.05) is 49.4 Å². The van der Waals surface area contributed by atoms with Crippen LogP contribution in [0.1, 0.15) is 21.5 Å². The van der Waals surface area contributed by atoms with Crippen molar-refractivity contribution in [2.24, 2.45) is 0 Å². The molecule has 2 nitrogen and oxygen atoms in total. The number of hydrogen-bond acceptors (Lipinski definition) is 2. The van der Waals surface area contributed by atoms with Gasteiger partial charge in [-0.25, -0.2) is 0 Å². The summed E-state index contributed by atoms with van der Waals surface area (Å²) in [5.41, 5.74) is 2.63. The SMILES string of the molecule is Cc1cccc2c1Oc1ccccc1CC2=O. The fourth-order valence-electron chi connectivity index (χ4n) is 2.14. The third-order valence-corrected chi connectivity index (χ3v) is 3.05. The predicted octanol–water partition coefficient (Wildman–Crippen LogP) is 3.53. The Morgan fingerprint density at radius 2 is 1.88 bits per heavy atom. The monoisotopic (exact) mass is 224 g/mol. The van der Waals surface area contributed by atoms with Crippen LogP contribution in [0.4, 0.5) is 0 Å². The summed E-state index contributed by atoms with van der Waals surface area (Å²) in [5, 5.41) is 0. The van der Waals surface area contributed by atoms with Gasteiger partial charge in [0.05, 0.1) is 5.56 Å². The first kappa shape index (κ1) is 10.1. The Morgan fingerprint density at radius 1 is 1.06 bits per heavy atom. The molecule has 0 unspecified atom stereocenters. The third kappa shape index (κ3) is 1.62. The quantitative estimate of drug-likeness (QED) is 0.684. The Labute approximate surface area is 99.9 Å². The number of aryl methyl sites for hydroxylation is 1. The topological polar surface area (TPSA) is 26.3 Å². The van der Waals surface area contributed by atoms with Crippen LogP contribution < -0.4 is 4.74 Å². The Morgan fingerprint density at radius 3 is 2.76 bits per heavy atom.